The zero-order valence-corrected chi connectivity index (χ0v) is 7.67. The molecule has 0 saturated heterocycles. The summed E-state index contributed by atoms with van der Waals surface area (Å²) in [5.41, 5.74) is 0. The van der Waals surface area contributed by atoms with Crippen molar-refractivity contribution in [3.63, 3.8) is 0 Å². The Morgan fingerprint density at radius 2 is 2.45 bits per heavy atom. The van der Waals surface area contributed by atoms with E-state index >= 15 is 0 Å². The molecule has 2 nitrogen and oxygen atoms in total. The first-order chi connectivity index (χ1) is 5.24. The molecule has 0 aliphatic heterocycles. The highest BCUT2D eigenvalue weighted by molar-refractivity contribution is 6.18. The molecule has 1 rings (SSSR count). The van der Waals surface area contributed by atoms with Crippen LogP contribution in [0, 0.1) is 12.8 Å². The summed E-state index contributed by atoms with van der Waals surface area (Å²) in [5.74, 6) is 2.28. The lowest BCUT2D eigenvalue weighted by Crippen LogP contribution is -2.09. The van der Waals surface area contributed by atoms with Crippen molar-refractivity contribution >= 4 is 11.6 Å². The molecular formula is C8H13ClN2. The Kier molecular flexibility index (Phi) is 2.94. The standard InChI is InChI=1S/C8H13ClN2/c1-7(5-9)6-11-4-3-10-8(11)2/h3-4,7H,5-6H2,1-2H3/t7-/m0/s1. The van der Waals surface area contributed by atoms with Crippen LogP contribution in [-0.4, -0.2) is 15.4 Å². The molecule has 0 spiro atoms. The van der Waals surface area contributed by atoms with Crippen LogP contribution in [0.4, 0.5) is 0 Å². The summed E-state index contributed by atoms with van der Waals surface area (Å²) >= 11 is 5.69. The fourth-order valence-corrected chi connectivity index (χ4v) is 1.08. The Labute approximate surface area is 72.2 Å². The summed E-state index contributed by atoms with van der Waals surface area (Å²) < 4.78 is 2.12. The lowest BCUT2D eigenvalue weighted by Gasteiger charge is -2.09. The van der Waals surface area contributed by atoms with Crippen LogP contribution in [0.1, 0.15) is 12.7 Å². The van der Waals surface area contributed by atoms with Gasteiger partial charge in [-0.1, -0.05) is 6.92 Å². The average molecular weight is 173 g/mol. The van der Waals surface area contributed by atoms with Crippen LogP contribution in [0.25, 0.3) is 0 Å². The van der Waals surface area contributed by atoms with Gasteiger partial charge in [-0.2, -0.15) is 0 Å². The number of halogens is 1. The Hall–Kier alpha value is -0.500. The molecule has 0 bridgehead atoms. The fourth-order valence-electron chi connectivity index (χ4n) is 0.981. The Morgan fingerprint density at radius 1 is 1.73 bits per heavy atom. The summed E-state index contributed by atoms with van der Waals surface area (Å²) in [7, 11) is 0. The van der Waals surface area contributed by atoms with Crippen molar-refractivity contribution in [1.29, 1.82) is 0 Å². The summed E-state index contributed by atoms with van der Waals surface area (Å²) in [6.07, 6.45) is 3.80. The molecule has 0 saturated carbocycles. The Morgan fingerprint density at radius 3 is 2.91 bits per heavy atom. The van der Waals surface area contributed by atoms with Crippen molar-refractivity contribution in [2.45, 2.75) is 20.4 Å². The molecule has 11 heavy (non-hydrogen) atoms. The number of imidazole rings is 1. The molecule has 0 amide bonds. The van der Waals surface area contributed by atoms with Gasteiger partial charge in [-0.05, 0) is 12.8 Å². The first-order valence-electron chi connectivity index (χ1n) is 3.77. The summed E-state index contributed by atoms with van der Waals surface area (Å²) in [4.78, 5) is 4.12. The van der Waals surface area contributed by atoms with Gasteiger partial charge in [-0.3, -0.25) is 0 Å². The van der Waals surface area contributed by atoms with E-state index in [2.05, 4.69) is 16.5 Å². The quantitative estimate of drug-likeness (QED) is 0.639. The minimum Gasteiger partial charge on any atom is -0.335 e. The highest BCUT2D eigenvalue weighted by Crippen LogP contribution is 2.04. The van der Waals surface area contributed by atoms with Crippen molar-refractivity contribution < 1.29 is 0 Å². The van der Waals surface area contributed by atoms with E-state index in [1.165, 1.54) is 0 Å². The van der Waals surface area contributed by atoms with Crippen LogP contribution in [0.5, 0.6) is 0 Å². The second-order valence-electron chi connectivity index (χ2n) is 2.89. The van der Waals surface area contributed by atoms with E-state index in [-0.39, 0.29) is 0 Å². The Bertz CT molecular complexity index is 220. The lowest BCUT2D eigenvalue weighted by molar-refractivity contribution is 0.518. The minimum atomic E-state index is 0.518. The highest BCUT2D eigenvalue weighted by Gasteiger charge is 2.02. The van der Waals surface area contributed by atoms with Crippen molar-refractivity contribution in [2.24, 2.45) is 5.92 Å². The van der Waals surface area contributed by atoms with Crippen LogP contribution in [-0.2, 0) is 6.54 Å². The molecule has 0 aliphatic carbocycles. The number of rotatable bonds is 3. The SMILES string of the molecule is Cc1nccn1C[C@@H](C)CCl. The maximum Gasteiger partial charge on any atom is 0.105 e. The normalized spacial score (nSPS) is 13.4. The van der Waals surface area contributed by atoms with E-state index in [1.54, 1.807) is 0 Å². The van der Waals surface area contributed by atoms with Gasteiger partial charge in [0.2, 0.25) is 0 Å². The molecular weight excluding hydrogens is 160 g/mol. The number of nitrogens with zero attached hydrogens (tertiary/aromatic N) is 2. The van der Waals surface area contributed by atoms with Gasteiger partial charge >= 0.3 is 0 Å². The fraction of sp³-hybridized carbons (Fsp3) is 0.625. The highest BCUT2D eigenvalue weighted by atomic mass is 35.5. The number of hydrogen-bond donors (Lipinski definition) is 0. The number of alkyl halides is 1. The predicted molar refractivity (Wildman–Crippen MR) is 46.8 cm³/mol. The molecule has 62 valence electrons. The van der Waals surface area contributed by atoms with Gasteiger partial charge in [0.15, 0.2) is 0 Å². The number of aromatic nitrogens is 2. The zero-order chi connectivity index (χ0) is 8.27. The molecule has 0 radical (unpaired) electrons. The predicted octanol–water partition coefficient (Wildman–Crippen LogP) is 2.07. The monoisotopic (exact) mass is 172 g/mol. The molecule has 0 aromatic carbocycles. The van der Waals surface area contributed by atoms with Crippen LogP contribution >= 0.6 is 11.6 Å². The average Bonchev–Trinajstić information content (AvgIpc) is 2.37. The molecule has 1 aromatic heterocycles. The Balaban J connectivity index is 2.56. The van der Waals surface area contributed by atoms with Crippen LogP contribution in [0.15, 0.2) is 12.4 Å². The van der Waals surface area contributed by atoms with Crippen molar-refractivity contribution in [2.75, 3.05) is 5.88 Å². The zero-order valence-electron chi connectivity index (χ0n) is 6.92. The van der Waals surface area contributed by atoms with E-state index in [0.29, 0.717) is 11.8 Å². The molecule has 1 aromatic rings. The molecule has 1 atom stereocenters. The van der Waals surface area contributed by atoms with E-state index in [0.717, 1.165) is 12.4 Å². The van der Waals surface area contributed by atoms with E-state index in [4.69, 9.17) is 11.6 Å². The van der Waals surface area contributed by atoms with Gasteiger partial charge in [0.25, 0.3) is 0 Å². The van der Waals surface area contributed by atoms with Gasteiger partial charge in [-0.25, -0.2) is 4.98 Å². The topological polar surface area (TPSA) is 17.8 Å². The van der Waals surface area contributed by atoms with Crippen LogP contribution in [0.2, 0.25) is 0 Å². The molecule has 0 N–H and O–H groups in total. The smallest absolute Gasteiger partial charge is 0.105 e. The van der Waals surface area contributed by atoms with Crippen molar-refractivity contribution in [3.05, 3.63) is 18.2 Å². The van der Waals surface area contributed by atoms with E-state index < -0.39 is 0 Å². The molecule has 0 fully saturated rings. The van der Waals surface area contributed by atoms with Gasteiger partial charge in [0.1, 0.15) is 5.82 Å². The lowest BCUT2D eigenvalue weighted by atomic mass is 10.2. The van der Waals surface area contributed by atoms with Crippen molar-refractivity contribution in [3.8, 4) is 0 Å². The second-order valence-corrected chi connectivity index (χ2v) is 3.19. The molecule has 3 heteroatoms. The van der Waals surface area contributed by atoms with Gasteiger partial charge < -0.3 is 4.57 Å². The van der Waals surface area contributed by atoms with Gasteiger partial charge in [0, 0.05) is 24.8 Å². The van der Waals surface area contributed by atoms with Gasteiger partial charge in [0.05, 0.1) is 0 Å². The van der Waals surface area contributed by atoms with E-state index in [9.17, 15) is 0 Å². The van der Waals surface area contributed by atoms with Crippen LogP contribution in [0.3, 0.4) is 0 Å². The first-order valence-corrected chi connectivity index (χ1v) is 4.31. The maximum atomic E-state index is 5.69. The number of hydrogen-bond acceptors (Lipinski definition) is 1. The van der Waals surface area contributed by atoms with Crippen molar-refractivity contribution in [1.82, 2.24) is 9.55 Å². The maximum absolute atomic E-state index is 5.69. The first kappa shape index (κ1) is 8.60. The minimum absolute atomic E-state index is 0.518. The third-order valence-corrected chi connectivity index (χ3v) is 2.22. The summed E-state index contributed by atoms with van der Waals surface area (Å²) in [6.45, 7) is 5.10. The summed E-state index contributed by atoms with van der Waals surface area (Å²) in [6, 6.07) is 0. The second kappa shape index (κ2) is 3.77. The van der Waals surface area contributed by atoms with Gasteiger partial charge in [-0.15, -0.1) is 11.6 Å². The number of aryl methyl sites for hydroxylation is 1. The molecule has 0 unspecified atom stereocenters. The summed E-state index contributed by atoms with van der Waals surface area (Å²) in [5, 5.41) is 0. The largest absolute Gasteiger partial charge is 0.335 e. The third-order valence-electron chi connectivity index (χ3n) is 1.70. The molecule has 0 aliphatic rings. The van der Waals surface area contributed by atoms with Crippen LogP contribution < -0.4 is 0 Å². The molecule has 1 heterocycles. The third kappa shape index (κ3) is 2.22. The van der Waals surface area contributed by atoms with E-state index in [1.807, 2.05) is 19.3 Å².